The molecule has 0 aliphatic carbocycles. The third-order valence-corrected chi connectivity index (χ3v) is 2.24. The average molecular weight is 217 g/mol. The van der Waals surface area contributed by atoms with Crippen molar-refractivity contribution in [2.75, 3.05) is 12.8 Å². The van der Waals surface area contributed by atoms with Crippen LogP contribution in [0.5, 0.6) is 5.75 Å². The molecule has 0 radical (unpaired) electrons. The van der Waals surface area contributed by atoms with E-state index in [2.05, 4.69) is 4.74 Å². The summed E-state index contributed by atoms with van der Waals surface area (Å²) < 4.78 is 9.32. The average Bonchev–Trinajstić information content (AvgIpc) is 2.30. The Balaban J connectivity index is 2.46. The Bertz CT molecular complexity index is 537. The first kappa shape index (κ1) is 10.3. The smallest absolute Gasteiger partial charge is 0.437 e. The summed E-state index contributed by atoms with van der Waals surface area (Å²) in [7, 11) is 1.25. The summed E-state index contributed by atoms with van der Waals surface area (Å²) in [5, 5.41) is 1.95. The summed E-state index contributed by atoms with van der Waals surface area (Å²) in [6.07, 6.45) is -0.776. The van der Waals surface area contributed by atoms with Gasteiger partial charge in [-0.2, -0.15) is 0 Å². The Morgan fingerprint density at radius 3 is 2.44 bits per heavy atom. The van der Waals surface area contributed by atoms with Gasteiger partial charge >= 0.3 is 6.16 Å². The summed E-state index contributed by atoms with van der Waals surface area (Å²) in [5.74, 6) is 0.311. The zero-order valence-corrected chi connectivity index (χ0v) is 8.77. The van der Waals surface area contributed by atoms with Crippen molar-refractivity contribution in [3.63, 3.8) is 0 Å². The highest BCUT2D eigenvalue weighted by atomic mass is 16.7. The van der Waals surface area contributed by atoms with E-state index in [0.29, 0.717) is 11.4 Å². The van der Waals surface area contributed by atoms with Gasteiger partial charge in [-0.1, -0.05) is 24.3 Å². The van der Waals surface area contributed by atoms with Crippen molar-refractivity contribution in [1.29, 1.82) is 0 Å². The lowest BCUT2D eigenvalue weighted by Crippen LogP contribution is -2.08. The number of fused-ring (bicyclic) bond motifs is 1. The lowest BCUT2D eigenvalue weighted by atomic mass is 10.1. The lowest BCUT2D eigenvalue weighted by molar-refractivity contribution is 0.122. The number of methoxy groups -OCH3 is 1. The molecule has 0 saturated heterocycles. The summed E-state index contributed by atoms with van der Waals surface area (Å²) in [5.41, 5.74) is 6.16. The molecule has 4 nitrogen and oxygen atoms in total. The van der Waals surface area contributed by atoms with Crippen molar-refractivity contribution in [3.8, 4) is 5.75 Å². The van der Waals surface area contributed by atoms with Crippen LogP contribution >= 0.6 is 0 Å². The molecule has 2 rings (SSSR count). The van der Waals surface area contributed by atoms with E-state index < -0.39 is 6.16 Å². The number of rotatable bonds is 1. The number of nitrogen functional groups attached to an aromatic ring is 1. The normalized spacial score (nSPS) is 10.1. The molecule has 2 aromatic carbocycles. The first-order chi connectivity index (χ1) is 7.70. The summed E-state index contributed by atoms with van der Waals surface area (Å²) >= 11 is 0. The van der Waals surface area contributed by atoms with Crippen LogP contribution in [-0.4, -0.2) is 13.3 Å². The van der Waals surface area contributed by atoms with Gasteiger partial charge in [0.05, 0.1) is 12.8 Å². The van der Waals surface area contributed by atoms with E-state index >= 15 is 0 Å². The van der Waals surface area contributed by atoms with Crippen molar-refractivity contribution in [1.82, 2.24) is 0 Å². The van der Waals surface area contributed by atoms with Crippen LogP contribution in [0.1, 0.15) is 0 Å². The number of hydrogen-bond acceptors (Lipinski definition) is 4. The van der Waals surface area contributed by atoms with Crippen molar-refractivity contribution in [3.05, 3.63) is 36.4 Å². The quantitative estimate of drug-likeness (QED) is 0.453. The Morgan fingerprint density at radius 1 is 1.19 bits per heavy atom. The molecular formula is C12H11NO3. The van der Waals surface area contributed by atoms with Gasteiger partial charge in [-0.25, -0.2) is 4.79 Å². The number of anilines is 1. The Morgan fingerprint density at radius 2 is 1.81 bits per heavy atom. The first-order valence-electron chi connectivity index (χ1n) is 4.75. The van der Waals surface area contributed by atoms with Crippen molar-refractivity contribution in [2.24, 2.45) is 0 Å². The van der Waals surface area contributed by atoms with E-state index in [1.165, 1.54) is 7.11 Å². The number of hydrogen-bond donors (Lipinski definition) is 1. The minimum absolute atomic E-state index is 0.311. The van der Waals surface area contributed by atoms with Crippen molar-refractivity contribution >= 4 is 22.6 Å². The van der Waals surface area contributed by atoms with Gasteiger partial charge < -0.3 is 15.2 Å². The maximum absolute atomic E-state index is 11.0. The van der Waals surface area contributed by atoms with Gasteiger partial charge in [0.15, 0.2) is 5.75 Å². The van der Waals surface area contributed by atoms with Crippen LogP contribution in [0.2, 0.25) is 0 Å². The van der Waals surface area contributed by atoms with Gasteiger partial charge in [0.25, 0.3) is 0 Å². The van der Waals surface area contributed by atoms with Gasteiger partial charge in [0.1, 0.15) is 0 Å². The van der Waals surface area contributed by atoms with Crippen LogP contribution in [0.3, 0.4) is 0 Å². The number of benzene rings is 2. The molecule has 0 amide bonds. The Labute approximate surface area is 92.6 Å². The molecule has 82 valence electrons. The molecule has 4 heteroatoms. The second kappa shape index (κ2) is 4.10. The Kier molecular flexibility index (Phi) is 2.64. The van der Waals surface area contributed by atoms with Gasteiger partial charge in [-0.15, -0.1) is 0 Å². The van der Waals surface area contributed by atoms with E-state index in [1.54, 1.807) is 12.1 Å². The van der Waals surface area contributed by atoms with Crippen molar-refractivity contribution in [2.45, 2.75) is 0 Å². The topological polar surface area (TPSA) is 61.5 Å². The SMILES string of the molecule is COC(=O)Oc1cc2ccccc2cc1N. The molecule has 2 aromatic rings. The Hall–Kier alpha value is -2.23. The standard InChI is InChI=1S/C12H11NO3/c1-15-12(14)16-11-7-9-5-3-2-4-8(9)6-10(11)13/h2-7H,13H2,1H3. The van der Waals surface area contributed by atoms with Crippen LogP contribution in [0, 0.1) is 0 Å². The van der Waals surface area contributed by atoms with Gasteiger partial charge in [0.2, 0.25) is 0 Å². The zero-order chi connectivity index (χ0) is 11.5. The molecule has 16 heavy (non-hydrogen) atoms. The first-order valence-corrected chi connectivity index (χ1v) is 4.75. The third kappa shape index (κ3) is 1.91. The van der Waals surface area contributed by atoms with E-state index in [1.807, 2.05) is 24.3 Å². The van der Waals surface area contributed by atoms with E-state index in [4.69, 9.17) is 10.5 Å². The maximum atomic E-state index is 11.0. The minimum atomic E-state index is -0.776. The number of carbonyl (C=O) groups is 1. The zero-order valence-electron chi connectivity index (χ0n) is 8.77. The third-order valence-electron chi connectivity index (χ3n) is 2.24. The molecule has 0 aliphatic rings. The van der Waals surface area contributed by atoms with E-state index in [-0.39, 0.29) is 0 Å². The fraction of sp³-hybridized carbons (Fsp3) is 0.0833. The second-order valence-electron chi connectivity index (χ2n) is 3.29. The molecule has 0 aromatic heterocycles. The van der Waals surface area contributed by atoms with Crippen LogP contribution in [0.25, 0.3) is 10.8 Å². The maximum Gasteiger partial charge on any atom is 0.513 e. The highest BCUT2D eigenvalue weighted by Gasteiger charge is 2.08. The number of nitrogens with two attached hydrogens (primary N) is 1. The summed E-state index contributed by atoms with van der Waals surface area (Å²) in [6, 6.07) is 11.1. The molecule has 0 unspecified atom stereocenters. The molecule has 0 atom stereocenters. The molecule has 0 spiro atoms. The number of ether oxygens (including phenoxy) is 2. The van der Waals surface area contributed by atoms with Gasteiger partial charge in [0, 0.05) is 0 Å². The van der Waals surface area contributed by atoms with Crippen LogP contribution < -0.4 is 10.5 Å². The number of carbonyl (C=O) groups excluding carboxylic acids is 1. The molecular weight excluding hydrogens is 206 g/mol. The highest BCUT2D eigenvalue weighted by molar-refractivity contribution is 5.88. The molecule has 2 N–H and O–H groups in total. The second-order valence-corrected chi connectivity index (χ2v) is 3.29. The van der Waals surface area contributed by atoms with Crippen molar-refractivity contribution < 1.29 is 14.3 Å². The molecule has 0 fully saturated rings. The van der Waals surface area contributed by atoms with Crippen LogP contribution in [-0.2, 0) is 4.74 Å². The van der Waals surface area contributed by atoms with E-state index in [0.717, 1.165) is 10.8 Å². The largest absolute Gasteiger partial charge is 0.513 e. The van der Waals surface area contributed by atoms with Gasteiger partial charge in [-0.3, -0.25) is 0 Å². The van der Waals surface area contributed by atoms with Crippen LogP contribution in [0.15, 0.2) is 36.4 Å². The summed E-state index contributed by atoms with van der Waals surface area (Å²) in [6.45, 7) is 0. The fourth-order valence-corrected chi connectivity index (χ4v) is 1.46. The molecule has 0 aliphatic heterocycles. The monoisotopic (exact) mass is 217 g/mol. The van der Waals surface area contributed by atoms with Crippen LogP contribution in [0.4, 0.5) is 10.5 Å². The fourth-order valence-electron chi connectivity index (χ4n) is 1.46. The minimum Gasteiger partial charge on any atom is -0.437 e. The highest BCUT2D eigenvalue weighted by Crippen LogP contribution is 2.28. The predicted octanol–water partition coefficient (Wildman–Crippen LogP) is 2.57. The lowest BCUT2D eigenvalue weighted by Gasteiger charge is -2.07. The molecule has 0 saturated carbocycles. The summed E-state index contributed by atoms with van der Waals surface area (Å²) in [4.78, 5) is 11.0. The van der Waals surface area contributed by atoms with Gasteiger partial charge in [-0.05, 0) is 22.9 Å². The van der Waals surface area contributed by atoms with E-state index in [9.17, 15) is 4.79 Å². The molecule has 0 bridgehead atoms. The predicted molar refractivity (Wildman–Crippen MR) is 61.4 cm³/mol. The molecule has 0 heterocycles.